The Morgan fingerprint density at radius 3 is 2.61 bits per heavy atom. The molecule has 0 bridgehead atoms. The van der Waals surface area contributed by atoms with Gasteiger partial charge in [-0.05, 0) is 63.8 Å². The highest BCUT2D eigenvalue weighted by Crippen LogP contribution is 2.28. The van der Waals surface area contributed by atoms with E-state index in [0.29, 0.717) is 42.2 Å². The number of ether oxygens (including phenoxy) is 1. The van der Waals surface area contributed by atoms with E-state index < -0.39 is 5.60 Å². The number of hydrogen-bond acceptors (Lipinski definition) is 5. The van der Waals surface area contributed by atoms with E-state index >= 15 is 0 Å². The lowest BCUT2D eigenvalue weighted by atomic mass is 9.93. The van der Waals surface area contributed by atoms with Gasteiger partial charge in [0.2, 0.25) is 0 Å². The van der Waals surface area contributed by atoms with Crippen LogP contribution in [0.15, 0.2) is 18.3 Å². The maximum absolute atomic E-state index is 12.9. The zero-order valence-corrected chi connectivity index (χ0v) is 17.5. The normalized spacial score (nSPS) is 19.6. The summed E-state index contributed by atoms with van der Waals surface area (Å²) >= 11 is 6.20. The fraction of sp³-hybridized carbons (Fsp3) is 0.476. The van der Waals surface area contributed by atoms with E-state index in [0.717, 1.165) is 16.1 Å². The van der Waals surface area contributed by atoms with Gasteiger partial charge in [-0.25, -0.2) is 9.97 Å². The number of rotatable bonds is 4. The molecular formula is C21H26ClN3O3. The maximum Gasteiger partial charge on any atom is 0.257 e. The number of β-amino-alcohol motifs (C(OH)–C–C–N with tert-alkyl or cyclic N) is 1. The van der Waals surface area contributed by atoms with Gasteiger partial charge in [0.1, 0.15) is 23.8 Å². The highest BCUT2D eigenvalue weighted by molar-refractivity contribution is 6.32. The Morgan fingerprint density at radius 2 is 1.96 bits per heavy atom. The van der Waals surface area contributed by atoms with Gasteiger partial charge in [0.15, 0.2) is 0 Å². The summed E-state index contributed by atoms with van der Waals surface area (Å²) in [6.45, 7) is 8.34. The zero-order valence-electron chi connectivity index (χ0n) is 16.8. The summed E-state index contributed by atoms with van der Waals surface area (Å²) in [7, 11) is 0. The number of carbonyl (C=O) groups is 1. The first kappa shape index (κ1) is 20.6. The predicted molar refractivity (Wildman–Crippen MR) is 108 cm³/mol. The van der Waals surface area contributed by atoms with E-state index in [2.05, 4.69) is 9.97 Å². The van der Waals surface area contributed by atoms with Gasteiger partial charge in [-0.15, -0.1) is 0 Å². The van der Waals surface area contributed by atoms with Crippen LogP contribution in [-0.4, -0.2) is 51.2 Å². The van der Waals surface area contributed by atoms with Crippen LogP contribution < -0.4 is 4.74 Å². The first-order valence-corrected chi connectivity index (χ1v) is 9.78. The standard InChI is InChI=1S/C21H26ClN3O3/c1-13-8-17(9-14(2)19(13)22)28-12-21(27)6-5-7-25(11-21)20(26)18-10-23-16(4)24-15(18)3/h8-10,27H,5-7,11-12H2,1-4H3. The Labute approximate surface area is 170 Å². The van der Waals surface area contributed by atoms with Crippen LogP contribution in [0.4, 0.5) is 0 Å². The second-order valence-electron chi connectivity index (χ2n) is 7.63. The van der Waals surface area contributed by atoms with Gasteiger partial charge < -0.3 is 14.7 Å². The lowest BCUT2D eigenvalue weighted by Crippen LogP contribution is -2.53. The minimum Gasteiger partial charge on any atom is -0.491 e. The third-order valence-corrected chi connectivity index (χ3v) is 5.69. The van der Waals surface area contributed by atoms with Gasteiger partial charge in [-0.2, -0.15) is 0 Å². The molecule has 1 aliphatic heterocycles. The van der Waals surface area contributed by atoms with Crippen LogP contribution >= 0.6 is 11.6 Å². The molecule has 1 saturated heterocycles. The summed E-state index contributed by atoms with van der Waals surface area (Å²) in [5.41, 5.74) is 1.88. The Hall–Kier alpha value is -2.18. The average Bonchev–Trinajstić information content (AvgIpc) is 2.64. The summed E-state index contributed by atoms with van der Waals surface area (Å²) < 4.78 is 5.87. The molecule has 150 valence electrons. The third kappa shape index (κ3) is 4.45. The summed E-state index contributed by atoms with van der Waals surface area (Å²) in [4.78, 5) is 23.0. The predicted octanol–water partition coefficient (Wildman–Crippen LogP) is 3.41. The summed E-state index contributed by atoms with van der Waals surface area (Å²) in [6.07, 6.45) is 2.84. The molecule has 6 nitrogen and oxygen atoms in total. The number of halogens is 1. The smallest absolute Gasteiger partial charge is 0.257 e. The molecular weight excluding hydrogens is 378 g/mol. The topological polar surface area (TPSA) is 75.6 Å². The van der Waals surface area contributed by atoms with Crippen molar-refractivity contribution < 1.29 is 14.6 Å². The summed E-state index contributed by atoms with van der Waals surface area (Å²) in [5.74, 6) is 1.14. The van der Waals surface area contributed by atoms with Crippen molar-refractivity contribution in [3.63, 3.8) is 0 Å². The molecule has 2 heterocycles. The summed E-state index contributed by atoms with van der Waals surface area (Å²) in [5, 5.41) is 11.7. The lowest BCUT2D eigenvalue weighted by molar-refractivity contribution is -0.0532. The van der Waals surface area contributed by atoms with Crippen LogP contribution in [0.2, 0.25) is 5.02 Å². The zero-order chi connectivity index (χ0) is 20.5. The van der Waals surface area contributed by atoms with Gasteiger partial charge in [0.05, 0.1) is 17.8 Å². The van der Waals surface area contributed by atoms with Crippen molar-refractivity contribution in [2.75, 3.05) is 19.7 Å². The number of hydrogen-bond donors (Lipinski definition) is 1. The monoisotopic (exact) mass is 403 g/mol. The highest BCUT2D eigenvalue weighted by atomic mass is 35.5. The third-order valence-electron chi connectivity index (χ3n) is 5.09. The van der Waals surface area contributed by atoms with Gasteiger partial charge in [0.25, 0.3) is 5.91 Å². The Bertz CT molecular complexity index is 879. The van der Waals surface area contributed by atoms with Crippen molar-refractivity contribution in [3.8, 4) is 5.75 Å². The van der Waals surface area contributed by atoms with Crippen molar-refractivity contribution in [3.05, 3.63) is 51.6 Å². The Morgan fingerprint density at radius 1 is 1.29 bits per heavy atom. The van der Waals surface area contributed by atoms with Crippen molar-refractivity contribution in [2.24, 2.45) is 0 Å². The molecule has 1 aromatic carbocycles. The number of aromatic nitrogens is 2. The van der Waals surface area contributed by atoms with Crippen LogP contribution in [-0.2, 0) is 0 Å². The number of aliphatic hydroxyl groups is 1. The number of amides is 1. The van der Waals surface area contributed by atoms with Crippen molar-refractivity contribution in [1.82, 2.24) is 14.9 Å². The molecule has 0 radical (unpaired) electrons. The molecule has 7 heteroatoms. The molecule has 2 aromatic rings. The fourth-order valence-corrected chi connectivity index (χ4v) is 3.68. The highest BCUT2D eigenvalue weighted by Gasteiger charge is 2.37. The number of piperidine rings is 1. The SMILES string of the molecule is Cc1ncc(C(=O)N2CCCC(O)(COc3cc(C)c(Cl)c(C)c3)C2)c(C)n1. The first-order chi connectivity index (χ1) is 13.2. The fourth-order valence-electron chi connectivity index (χ4n) is 3.57. The number of likely N-dealkylation sites (tertiary alicyclic amines) is 1. The van der Waals surface area contributed by atoms with Gasteiger partial charge in [0, 0.05) is 17.8 Å². The van der Waals surface area contributed by atoms with Crippen LogP contribution in [0.3, 0.4) is 0 Å². The molecule has 1 aromatic heterocycles. The molecule has 1 atom stereocenters. The minimum absolute atomic E-state index is 0.112. The molecule has 0 spiro atoms. The molecule has 3 rings (SSSR count). The van der Waals surface area contributed by atoms with Crippen molar-refractivity contribution >= 4 is 17.5 Å². The van der Waals surface area contributed by atoms with E-state index in [9.17, 15) is 9.90 Å². The molecule has 28 heavy (non-hydrogen) atoms. The van der Waals surface area contributed by atoms with Gasteiger partial charge in [-0.1, -0.05) is 11.6 Å². The average molecular weight is 404 g/mol. The molecule has 0 saturated carbocycles. The molecule has 1 fully saturated rings. The van der Waals surface area contributed by atoms with Crippen LogP contribution in [0.25, 0.3) is 0 Å². The Kier molecular flexibility index (Phi) is 5.91. The number of benzene rings is 1. The van der Waals surface area contributed by atoms with Gasteiger partial charge in [-0.3, -0.25) is 4.79 Å². The molecule has 1 N–H and O–H groups in total. The molecule has 0 aliphatic carbocycles. The lowest BCUT2D eigenvalue weighted by Gasteiger charge is -2.39. The first-order valence-electron chi connectivity index (χ1n) is 9.40. The van der Waals surface area contributed by atoms with E-state index in [1.54, 1.807) is 24.9 Å². The second kappa shape index (κ2) is 8.05. The minimum atomic E-state index is -1.10. The summed E-state index contributed by atoms with van der Waals surface area (Å²) in [6, 6.07) is 3.72. The maximum atomic E-state index is 12.9. The van der Waals surface area contributed by atoms with E-state index in [-0.39, 0.29) is 19.1 Å². The second-order valence-corrected chi connectivity index (χ2v) is 8.01. The quantitative estimate of drug-likeness (QED) is 0.846. The van der Waals surface area contributed by atoms with E-state index in [1.807, 2.05) is 26.0 Å². The van der Waals surface area contributed by atoms with Crippen molar-refractivity contribution in [1.29, 1.82) is 0 Å². The van der Waals surface area contributed by atoms with Crippen LogP contribution in [0, 0.1) is 27.7 Å². The van der Waals surface area contributed by atoms with Gasteiger partial charge >= 0.3 is 0 Å². The number of aryl methyl sites for hydroxylation is 4. The molecule has 1 aliphatic rings. The number of nitrogens with zero attached hydrogens (tertiary/aromatic N) is 3. The van der Waals surface area contributed by atoms with Crippen molar-refractivity contribution in [2.45, 2.75) is 46.1 Å². The van der Waals surface area contributed by atoms with Crippen LogP contribution in [0.5, 0.6) is 5.75 Å². The number of carbonyl (C=O) groups excluding carboxylic acids is 1. The van der Waals surface area contributed by atoms with Crippen LogP contribution in [0.1, 0.15) is 45.8 Å². The van der Waals surface area contributed by atoms with E-state index in [1.165, 1.54) is 0 Å². The largest absolute Gasteiger partial charge is 0.491 e. The molecule has 1 amide bonds. The Balaban J connectivity index is 1.70. The van der Waals surface area contributed by atoms with E-state index in [4.69, 9.17) is 16.3 Å². The molecule has 1 unspecified atom stereocenters.